The summed E-state index contributed by atoms with van der Waals surface area (Å²) in [4.78, 5) is 22.5. The fourth-order valence-corrected chi connectivity index (χ4v) is 7.01. The van der Waals surface area contributed by atoms with E-state index in [-0.39, 0.29) is 11.4 Å². The van der Waals surface area contributed by atoms with Crippen LogP contribution < -0.4 is 10.2 Å². The van der Waals surface area contributed by atoms with Gasteiger partial charge in [0, 0.05) is 51.3 Å². The van der Waals surface area contributed by atoms with Crippen molar-refractivity contribution in [2.45, 2.75) is 49.8 Å². The molecule has 2 fully saturated rings. The van der Waals surface area contributed by atoms with Crippen molar-refractivity contribution in [1.29, 1.82) is 0 Å². The second-order valence-electron chi connectivity index (χ2n) is 12.0. The molecule has 2 saturated heterocycles. The third kappa shape index (κ3) is 8.26. The molecule has 1 aromatic heterocycles. The SMILES string of the molecule is CC(C)CN1CCN(c2cc(CNC(=O)[C@@H]3CC(F)(F)CN3S(=O)c3ccc(F)cc3)cc(-c3ccc(C(F)(F)F)cc3)n2)CC1. The zero-order chi connectivity index (χ0) is 33.2. The molecule has 248 valence electrons. The Labute approximate surface area is 266 Å². The summed E-state index contributed by atoms with van der Waals surface area (Å²) in [6, 6.07) is 11.2. The van der Waals surface area contributed by atoms with Gasteiger partial charge in [0.05, 0.1) is 22.7 Å². The number of rotatable bonds is 9. The lowest BCUT2D eigenvalue weighted by Crippen LogP contribution is -2.47. The molecule has 5 rings (SSSR count). The van der Waals surface area contributed by atoms with Gasteiger partial charge >= 0.3 is 6.18 Å². The van der Waals surface area contributed by atoms with Gasteiger partial charge in [-0.15, -0.1) is 0 Å². The van der Waals surface area contributed by atoms with Crippen molar-refractivity contribution in [2.75, 3.05) is 44.2 Å². The van der Waals surface area contributed by atoms with Crippen LogP contribution in [0.2, 0.25) is 0 Å². The van der Waals surface area contributed by atoms with Crippen LogP contribution in [0.5, 0.6) is 0 Å². The number of halogens is 6. The first-order chi connectivity index (χ1) is 21.7. The number of aromatic nitrogens is 1. The zero-order valence-corrected chi connectivity index (χ0v) is 26.2. The maximum Gasteiger partial charge on any atom is 0.416 e. The van der Waals surface area contributed by atoms with Crippen LogP contribution in [-0.4, -0.2) is 75.5 Å². The summed E-state index contributed by atoms with van der Waals surface area (Å²) in [6.07, 6.45) is -5.34. The maximum absolute atomic E-state index is 14.5. The van der Waals surface area contributed by atoms with E-state index < -0.39 is 59.4 Å². The predicted octanol–water partition coefficient (Wildman–Crippen LogP) is 5.73. The van der Waals surface area contributed by atoms with Gasteiger partial charge in [0.2, 0.25) is 5.91 Å². The molecule has 0 aliphatic carbocycles. The molecule has 1 amide bonds. The third-order valence-electron chi connectivity index (χ3n) is 7.92. The minimum Gasteiger partial charge on any atom is -0.354 e. The fraction of sp³-hybridized carbons (Fsp3) is 0.438. The van der Waals surface area contributed by atoms with Crippen LogP contribution in [0, 0.1) is 11.7 Å². The summed E-state index contributed by atoms with van der Waals surface area (Å²) in [5.41, 5.74) is 0.606. The van der Waals surface area contributed by atoms with Crippen LogP contribution in [-0.2, 0) is 28.5 Å². The number of carbonyl (C=O) groups excluding carboxylic acids is 1. The molecule has 1 unspecified atom stereocenters. The summed E-state index contributed by atoms with van der Waals surface area (Å²) in [5.74, 6) is -3.52. The van der Waals surface area contributed by atoms with Gasteiger partial charge in [0.15, 0.2) is 0 Å². The summed E-state index contributed by atoms with van der Waals surface area (Å²) < 4.78 is 96.0. The minimum absolute atomic E-state index is 0.0883. The molecule has 2 aliphatic rings. The monoisotopic (exact) mass is 667 g/mol. The molecule has 0 bridgehead atoms. The van der Waals surface area contributed by atoms with E-state index >= 15 is 0 Å². The highest BCUT2D eigenvalue weighted by molar-refractivity contribution is 7.82. The highest BCUT2D eigenvalue weighted by Crippen LogP contribution is 2.35. The maximum atomic E-state index is 14.5. The molecule has 2 aliphatic heterocycles. The number of anilines is 1. The predicted molar refractivity (Wildman–Crippen MR) is 163 cm³/mol. The van der Waals surface area contributed by atoms with E-state index in [0.29, 0.717) is 41.6 Å². The Balaban J connectivity index is 1.37. The minimum atomic E-state index is -4.50. The van der Waals surface area contributed by atoms with Gasteiger partial charge in [-0.25, -0.2) is 26.7 Å². The molecule has 2 atom stereocenters. The smallest absolute Gasteiger partial charge is 0.354 e. The Morgan fingerprint density at radius 2 is 1.67 bits per heavy atom. The average Bonchev–Trinajstić information content (AvgIpc) is 3.35. The first-order valence-electron chi connectivity index (χ1n) is 14.9. The largest absolute Gasteiger partial charge is 0.416 e. The fourth-order valence-electron chi connectivity index (χ4n) is 5.67. The second-order valence-corrected chi connectivity index (χ2v) is 13.5. The number of piperazine rings is 1. The van der Waals surface area contributed by atoms with E-state index in [4.69, 9.17) is 4.98 Å². The van der Waals surface area contributed by atoms with Crippen molar-refractivity contribution < 1.29 is 35.3 Å². The van der Waals surface area contributed by atoms with Gasteiger partial charge in [0.25, 0.3) is 5.92 Å². The lowest BCUT2D eigenvalue weighted by atomic mass is 10.1. The molecule has 2 aromatic carbocycles. The lowest BCUT2D eigenvalue weighted by Gasteiger charge is -2.36. The van der Waals surface area contributed by atoms with Crippen molar-refractivity contribution in [3.8, 4) is 11.3 Å². The Morgan fingerprint density at radius 3 is 2.28 bits per heavy atom. The highest BCUT2D eigenvalue weighted by Gasteiger charge is 2.50. The Morgan fingerprint density at radius 1 is 1.02 bits per heavy atom. The lowest BCUT2D eigenvalue weighted by molar-refractivity contribution is -0.137. The zero-order valence-electron chi connectivity index (χ0n) is 25.4. The van der Waals surface area contributed by atoms with E-state index in [1.165, 1.54) is 24.3 Å². The van der Waals surface area contributed by atoms with E-state index in [2.05, 4.69) is 29.0 Å². The first kappa shape index (κ1) is 33.9. The Bertz CT molecular complexity index is 1540. The highest BCUT2D eigenvalue weighted by atomic mass is 32.2. The van der Waals surface area contributed by atoms with Crippen molar-refractivity contribution in [3.63, 3.8) is 0 Å². The van der Waals surface area contributed by atoms with Crippen molar-refractivity contribution in [3.05, 3.63) is 77.6 Å². The number of benzene rings is 2. The number of hydrogen-bond acceptors (Lipinski definition) is 5. The van der Waals surface area contributed by atoms with Crippen LogP contribution in [0.1, 0.15) is 31.4 Å². The normalized spacial score (nSPS) is 19.8. The number of amides is 1. The van der Waals surface area contributed by atoms with Crippen molar-refractivity contribution in [2.24, 2.45) is 5.92 Å². The van der Waals surface area contributed by atoms with Gasteiger partial charge < -0.3 is 10.2 Å². The van der Waals surface area contributed by atoms with Crippen molar-refractivity contribution >= 4 is 22.7 Å². The molecule has 3 heterocycles. The van der Waals surface area contributed by atoms with Gasteiger partial charge in [-0.3, -0.25) is 9.69 Å². The van der Waals surface area contributed by atoms with Crippen molar-refractivity contribution in [1.82, 2.24) is 19.5 Å². The number of pyridine rings is 1. The molecule has 14 heteroatoms. The van der Waals surface area contributed by atoms with Crippen LogP contribution in [0.15, 0.2) is 65.6 Å². The van der Waals surface area contributed by atoms with Gasteiger partial charge in [0.1, 0.15) is 28.7 Å². The average molecular weight is 668 g/mol. The molecule has 0 saturated carbocycles. The third-order valence-corrected chi connectivity index (χ3v) is 9.41. The van der Waals surface area contributed by atoms with E-state index in [0.717, 1.165) is 48.2 Å². The summed E-state index contributed by atoms with van der Waals surface area (Å²) in [6.45, 7) is 7.19. The molecular weight excluding hydrogens is 632 g/mol. The Kier molecular flexibility index (Phi) is 10.1. The second kappa shape index (κ2) is 13.7. The van der Waals surface area contributed by atoms with E-state index in [9.17, 15) is 35.3 Å². The molecule has 0 spiro atoms. The van der Waals surface area contributed by atoms with Crippen LogP contribution in [0.3, 0.4) is 0 Å². The van der Waals surface area contributed by atoms with Crippen LogP contribution >= 0.6 is 0 Å². The van der Waals surface area contributed by atoms with Crippen LogP contribution in [0.25, 0.3) is 11.3 Å². The van der Waals surface area contributed by atoms with Gasteiger partial charge in [-0.05, 0) is 60.0 Å². The number of hydrogen-bond donors (Lipinski definition) is 1. The number of alkyl halides is 5. The number of carbonyl (C=O) groups is 1. The Hall–Kier alpha value is -3.49. The van der Waals surface area contributed by atoms with Crippen LogP contribution in [0.4, 0.5) is 32.2 Å². The summed E-state index contributed by atoms with van der Waals surface area (Å²) in [5, 5.41) is 2.68. The molecule has 0 radical (unpaired) electrons. The summed E-state index contributed by atoms with van der Waals surface area (Å²) >= 11 is 0. The standard InChI is InChI=1S/C32H35F6N5O2S/c1-21(2)19-41-11-13-42(14-12-41)29-16-22(15-27(40-29)23-3-5-24(6-4-23)32(36,37)38)18-39-30(44)28-17-31(34,35)20-43(28)46(45)26-9-7-25(33)8-10-26/h3-10,15-16,21,28H,11-14,17-20H2,1-2H3,(H,39,44)/t28-,46?/m0/s1. The molecule has 3 aromatic rings. The first-order valence-corrected chi connectivity index (χ1v) is 16.0. The quantitative estimate of drug-likeness (QED) is 0.296. The number of nitrogens with one attached hydrogen (secondary N) is 1. The van der Waals surface area contributed by atoms with E-state index in [1.54, 1.807) is 12.1 Å². The topological polar surface area (TPSA) is 68.8 Å². The summed E-state index contributed by atoms with van der Waals surface area (Å²) in [7, 11) is -2.14. The molecule has 7 nitrogen and oxygen atoms in total. The molecule has 46 heavy (non-hydrogen) atoms. The molecule has 1 N–H and O–H groups in total. The van der Waals surface area contributed by atoms with Gasteiger partial charge in [-0.1, -0.05) is 26.0 Å². The number of nitrogens with zero attached hydrogens (tertiary/aromatic N) is 4. The van der Waals surface area contributed by atoms with E-state index in [1.807, 2.05) is 0 Å². The van der Waals surface area contributed by atoms with Gasteiger partial charge in [-0.2, -0.15) is 13.2 Å². The molecular formula is C32H35F6N5O2S.